The fraction of sp³-hybridized carbons (Fsp3) is 1.00. The van der Waals surface area contributed by atoms with E-state index < -0.39 is 8.24 Å². The van der Waals surface area contributed by atoms with Crippen molar-refractivity contribution in [1.82, 2.24) is 4.98 Å². The molecule has 0 unspecified atom stereocenters. The average Bonchev–Trinajstić information content (AvgIpc) is 1.65. The molecule has 0 amide bonds. The van der Waals surface area contributed by atoms with E-state index in [0.29, 0.717) is 0 Å². The first-order valence-electron chi connectivity index (χ1n) is 3.75. The Labute approximate surface area is 59.9 Å². The summed E-state index contributed by atoms with van der Waals surface area (Å²) in [6.07, 6.45) is 0. The number of hydrogen-bond donors (Lipinski definition) is 1. The van der Waals surface area contributed by atoms with Gasteiger partial charge in [0.15, 0.2) is 0 Å². The van der Waals surface area contributed by atoms with Gasteiger partial charge in [-0.3, -0.25) is 0 Å². The lowest BCUT2D eigenvalue weighted by Crippen LogP contribution is -2.46. The molecule has 0 aromatic heterocycles. The topological polar surface area (TPSA) is 12.0 Å². The summed E-state index contributed by atoms with van der Waals surface area (Å²) in [5.74, 6) is 0. The Morgan fingerprint density at radius 3 is 1.89 bits per heavy atom. The number of nitrogens with one attached hydrogen (secondary N) is 1. The van der Waals surface area contributed by atoms with Crippen molar-refractivity contribution in [2.45, 2.75) is 39.4 Å². The predicted octanol–water partition coefficient (Wildman–Crippen LogP) is 2.21. The van der Waals surface area contributed by atoms with E-state index in [2.05, 4.69) is 38.8 Å². The summed E-state index contributed by atoms with van der Waals surface area (Å²) in [4.78, 5) is 3.56. The van der Waals surface area contributed by atoms with Gasteiger partial charge in [0, 0.05) is 0 Å². The lowest BCUT2D eigenvalue weighted by Gasteiger charge is -2.27. The summed E-state index contributed by atoms with van der Waals surface area (Å²) in [5.41, 5.74) is 0.845. The molecule has 0 bridgehead atoms. The highest BCUT2D eigenvalue weighted by Crippen LogP contribution is 2.15. The van der Waals surface area contributed by atoms with Crippen LogP contribution in [0.4, 0.5) is 0 Å². The first kappa shape index (κ1) is 9.18. The summed E-state index contributed by atoms with van der Waals surface area (Å²) >= 11 is 0. The molecule has 0 aromatic carbocycles. The molecule has 0 saturated carbocycles. The fourth-order valence-corrected chi connectivity index (χ4v) is 1.98. The van der Waals surface area contributed by atoms with E-state index in [4.69, 9.17) is 0 Å². The van der Waals surface area contributed by atoms with E-state index in [1.165, 1.54) is 0 Å². The van der Waals surface area contributed by atoms with E-state index in [9.17, 15) is 0 Å². The Morgan fingerprint density at radius 1 is 1.33 bits per heavy atom. The summed E-state index contributed by atoms with van der Waals surface area (Å²) < 4.78 is 0. The van der Waals surface area contributed by atoms with Crippen LogP contribution in [0, 0.1) is 0 Å². The molecule has 0 atom stereocenters. The lowest BCUT2D eigenvalue weighted by molar-refractivity contribution is 0.884. The van der Waals surface area contributed by atoms with Crippen molar-refractivity contribution in [1.29, 1.82) is 0 Å². The van der Waals surface area contributed by atoms with Gasteiger partial charge in [0.2, 0.25) is 0 Å². The van der Waals surface area contributed by atoms with Gasteiger partial charge in [-0.15, -0.1) is 0 Å². The molecule has 1 N–H and O–H groups in total. The first-order valence-corrected chi connectivity index (χ1v) is 6.83. The van der Waals surface area contributed by atoms with Gasteiger partial charge >= 0.3 is 0 Å². The van der Waals surface area contributed by atoms with Crippen LogP contribution >= 0.6 is 0 Å². The molecule has 56 valence electrons. The summed E-state index contributed by atoms with van der Waals surface area (Å²) in [7, 11) is -1.03. The Bertz CT molecular complexity index is 79.0. The zero-order chi connectivity index (χ0) is 7.49. The van der Waals surface area contributed by atoms with Crippen LogP contribution in [0.1, 0.15) is 20.8 Å². The molecule has 0 aliphatic heterocycles. The van der Waals surface area contributed by atoms with Crippen molar-refractivity contribution in [3.05, 3.63) is 0 Å². The Balaban J connectivity index is 3.70. The molecule has 1 nitrogen and oxygen atoms in total. The van der Waals surface area contributed by atoms with E-state index in [1.54, 1.807) is 0 Å². The lowest BCUT2D eigenvalue weighted by atomic mass is 10.6. The molecule has 0 rings (SSSR count). The minimum Gasteiger partial charge on any atom is -0.337 e. The van der Waals surface area contributed by atoms with Gasteiger partial charge in [0.05, 0.1) is 0 Å². The van der Waals surface area contributed by atoms with E-state index in [-0.39, 0.29) is 0 Å². The van der Waals surface area contributed by atoms with E-state index in [1.807, 2.05) is 0 Å². The van der Waals surface area contributed by atoms with Gasteiger partial charge in [-0.25, -0.2) is 0 Å². The maximum atomic E-state index is 3.56. The third-order valence-corrected chi connectivity index (χ3v) is 6.23. The van der Waals surface area contributed by atoms with E-state index in [0.717, 1.165) is 12.1 Å². The SMILES string of the molecule is CCN[Si](C)(C)C(C)C. The van der Waals surface area contributed by atoms with Crippen molar-refractivity contribution < 1.29 is 0 Å². The van der Waals surface area contributed by atoms with Gasteiger partial charge in [0.1, 0.15) is 8.24 Å². The van der Waals surface area contributed by atoms with Gasteiger partial charge in [0.25, 0.3) is 0 Å². The largest absolute Gasteiger partial charge is 0.337 e. The molecule has 2 heteroatoms. The second kappa shape index (κ2) is 3.37. The van der Waals surface area contributed by atoms with Gasteiger partial charge in [-0.1, -0.05) is 33.9 Å². The molecule has 9 heavy (non-hydrogen) atoms. The van der Waals surface area contributed by atoms with Gasteiger partial charge in [-0.2, -0.15) is 0 Å². The molecular formula is C7H19NSi. The normalized spacial score (nSPS) is 12.7. The molecule has 0 radical (unpaired) electrons. The quantitative estimate of drug-likeness (QED) is 0.600. The average molecular weight is 145 g/mol. The van der Waals surface area contributed by atoms with Crippen molar-refractivity contribution in [2.24, 2.45) is 0 Å². The Hall–Kier alpha value is 0.177. The van der Waals surface area contributed by atoms with Crippen molar-refractivity contribution in [2.75, 3.05) is 6.54 Å². The van der Waals surface area contributed by atoms with Crippen LogP contribution in [-0.2, 0) is 0 Å². The van der Waals surface area contributed by atoms with E-state index >= 15 is 0 Å². The maximum absolute atomic E-state index is 3.56. The molecule has 0 heterocycles. The summed E-state index contributed by atoms with van der Waals surface area (Å²) in [5, 5.41) is 0. The fourth-order valence-electron chi connectivity index (χ4n) is 0.660. The summed E-state index contributed by atoms with van der Waals surface area (Å²) in [6, 6.07) is 0. The van der Waals surface area contributed by atoms with Crippen molar-refractivity contribution in [3.8, 4) is 0 Å². The van der Waals surface area contributed by atoms with Crippen LogP contribution in [0.15, 0.2) is 0 Å². The van der Waals surface area contributed by atoms with Crippen LogP contribution < -0.4 is 4.98 Å². The Morgan fingerprint density at radius 2 is 1.78 bits per heavy atom. The van der Waals surface area contributed by atoms with Gasteiger partial charge in [-0.05, 0) is 12.1 Å². The highest BCUT2D eigenvalue weighted by atomic mass is 28.3. The maximum Gasteiger partial charge on any atom is 0.121 e. The van der Waals surface area contributed by atoms with Crippen LogP contribution in [0.2, 0.25) is 18.6 Å². The first-order chi connectivity index (χ1) is 4.00. The molecule has 0 fully saturated rings. The molecule has 0 aliphatic carbocycles. The molecule has 0 aromatic rings. The second-order valence-corrected chi connectivity index (χ2v) is 8.36. The number of hydrogen-bond acceptors (Lipinski definition) is 1. The van der Waals surface area contributed by atoms with Crippen LogP contribution in [-0.4, -0.2) is 14.8 Å². The molecule has 0 saturated heterocycles. The molecule has 0 spiro atoms. The minimum atomic E-state index is -1.03. The predicted molar refractivity (Wildman–Crippen MR) is 46.3 cm³/mol. The highest BCUT2D eigenvalue weighted by Gasteiger charge is 2.23. The second-order valence-electron chi connectivity index (χ2n) is 3.41. The summed E-state index contributed by atoms with van der Waals surface area (Å²) in [6.45, 7) is 12.7. The smallest absolute Gasteiger partial charge is 0.121 e. The third kappa shape index (κ3) is 3.01. The van der Waals surface area contributed by atoms with Gasteiger partial charge < -0.3 is 4.98 Å². The third-order valence-electron chi connectivity index (χ3n) is 2.08. The zero-order valence-electron chi connectivity index (χ0n) is 7.28. The molecular weight excluding hydrogens is 126 g/mol. The van der Waals surface area contributed by atoms with Crippen LogP contribution in [0.3, 0.4) is 0 Å². The molecule has 0 aliphatic rings. The standard InChI is InChI=1S/C7H19NSi/c1-6-8-9(4,5)7(2)3/h7-8H,6H2,1-5H3. The zero-order valence-corrected chi connectivity index (χ0v) is 8.28. The Kier molecular flexibility index (Phi) is 3.44. The minimum absolute atomic E-state index is 0.845. The van der Waals surface area contributed by atoms with Crippen LogP contribution in [0.5, 0.6) is 0 Å². The van der Waals surface area contributed by atoms with Crippen LogP contribution in [0.25, 0.3) is 0 Å². The number of rotatable bonds is 3. The van der Waals surface area contributed by atoms with Crippen molar-refractivity contribution >= 4 is 8.24 Å². The highest BCUT2D eigenvalue weighted by molar-refractivity contribution is 6.76. The van der Waals surface area contributed by atoms with Crippen molar-refractivity contribution in [3.63, 3.8) is 0 Å². The monoisotopic (exact) mass is 145 g/mol.